The van der Waals surface area contributed by atoms with Crippen LogP contribution in [0.25, 0.3) is 33.3 Å². The fourth-order valence-electron chi connectivity index (χ4n) is 4.67. The zero-order valence-corrected chi connectivity index (χ0v) is 25.8. The number of benzene rings is 3. The molecule has 230 valence electrons. The Morgan fingerprint density at radius 3 is 2.23 bits per heavy atom. The molecule has 0 saturated heterocycles. The van der Waals surface area contributed by atoms with Crippen molar-refractivity contribution in [3.63, 3.8) is 0 Å². The van der Waals surface area contributed by atoms with Crippen molar-refractivity contribution in [2.75, 3.05) is 42.2 Å². The summed E-state index contributed by atoms with van der Waals surface area (Å²) in [5.41, 5.74) is 1.60. The molecule has 3 aromatic carbocycles. The first-order valence-electron chi connectivity index (χ1n) is 13.5. The summed E-state index contributed by atoms with van der Waals surface area (Å²) in [6.45, 7) is 1.99. The van der Waals surface area contributed by atoms with Crippen LogP contribution in [0.3, 0.4) is 0 Å². The summed E-state index contributed by atoms with van der Waals surface area (Å²) in [6, 6.07) is 11.8. The van der Waals surface area contributed by atoms with E-state index in [1.54, 1.807) is 42.5 Å². The predicted octanol–water partition coefficient (Wildman–Crippen LogP) is 6.34. The maximum absolute atomic E-state index is 14.0. The number of hydrogen-bond acceptors (Lipinski definition) is 11. The highest BCUT2D eigenvalue weighted by Crippen LogP contribution is 2.44. The number of ether oxygens (including phenoxy) is 7. The van der Waals surface area contributed by atoms with E-state index >= 15 is 0 Å². The molecule has 1 unspecified atom stereocenters. The Bertz CT molecular complexity index is 1850. The van der Waals surface area contributed by atoms with Gasteiger partial charge in [-0.1, -0.05) is 11.6 Å². The van der Waals surface area contributed by atoms with E-state index in [1.807, 2.05) is 6.92 Å². The van der Waals surface area contributed by atoms with Gasteiger partial charge < -0.3 is 37.6 Å². The molecule has 11 nitrogen and oxygen atoms in total. The van der Waals surface area contributed by atoms with Crippen molar-refractivity contribution in [1.82, 2.24) is 9.97 Å². The smallest absolute Gasteiger partial charge is 0.239 e. The van der Waals surface area contributed by atoms with Gasteiger partial charge in [0.05, 0.1) is 59.4 Å². The van der Waals surface area contributed by atoms with E-state index in [0.717, 1.165) is 0 Å². The molecule has 5 rings (SSSR count). The van der Waals surface area contributed by atoms with Gasteiger partial charge >= 0.3 is 0 Å². The third-order valence-electron chi connectivity index (χ3n) is 6.85. The molecule has 12 heteroatoms. The van der Waals surface area contributed by atoms with Crippen LogP contribution in [0.2, 0.25) is 5.02 Å². The van der Waals surface area contributed by atoms with Gasteiger partial charge in [-0.25, -0.2) is 9.97 Å². The van der Waals surface area contributed by atoms with Crippen LogP contribution in [0.15, 0.2) is 57.9 Å². The molecule has 2 heterocycles. The van der Waals surface area contributed by atoms with E-state index in [2.05, 4.69) is 9.97 Å². The minimum absolute atomic E-state index is 0.0233. The number of methoxy groups -OCH3 is 5. The second-order valence-corrected chi connectivity index (χ2v) is 10.0. The van der Waals surface area contributed by atoms with Gasteiger partial charge in [-0.15, -0.1) is 0 Å². The Morgan fingerprint density at radius 2 is 1.57 bits per heavy atom. The van der Waals surface area contributed by atoms with Crippen LogP contribution in [0.1, 0.15) is 13.3 Å². The lowest BCUT2D eigenvalue weighted by Gasteiger charge is -2.18. The molecule has 0 amide bonds. The summed E-state index contributed by atoms with van der Waals surface area (Å²) in [5.74, 6) is 2.36. The maximum Gasteiger partial charge on any atom is 0.239 e. The van der Waals surface area contributed by atoms with Crippen LogP contribution in [-0.4, -0.2) is 58.2 Å². The van der Waals surface area contributed by atoms with Crippen molar-refractivity contribution in [2.24, 2.45) is 0 Å². The van der Waals surface area contributed by atoms with E-state index in [-0.39, 0.29) is 40.9 Å². The molecule has 0 spiro atoms. The summed E-state index contributed by atoms with van der Waals surface area (Å²) in [4.78, 5) is 22.9. The molecule has 0 aliphatic rings. The molecule has 0 fully saturated rings. The molecular weight excluding hydrogens is 592 g/mol. The SMILES string of the molecule is COc1cc(OC)c2c(=O)c(OCCC(C)Oc3cnc4cc(Cl)ccc4n3)c(-c3cc(OC)c(OC)c(OC)c3)oc2c1. The predicted molar refractivity (Wildman–Crippen MR) is 165 cm³/mol. The standard InChI is InChI=1S/C32H31ClN2O9/c1-17(43-27-16-34-22-13-19(33)7-8-21(22)35-27)9-10-42-32-29(36)28-23(38-3)14-20(37-2)15-24(28)44-30(32)18-11-25(39-4)31(41-6)26(12-18)40-5/h7-8,11-17H,9-10H2,1-6H3. The Morgan fingerprint density at radius 1 is 0.841 bits per heavy atom. The zero-order valence-electron chi connectivity index (χ0n) is 25.1. The Hall–Kier alpha value is -4.90. The lowest BCUT2D eigenvalue weighted by Crippen LogP contribution is -2.19. The first-order valence-corrected chi connectivity index (χ1v) is 13.9. The Kier molecular flexibility index (Phi) is 9.15. The van der Waals surface area contributed by atoms with Crippen molar-refractivity contribution < 1.29 is 37.6 Å². The van der Waals surface area contributed by atoms with Crippen molar-refractivity contribution >= 4 is 33.6 Å². The lowest BCUT2D eigenvalue weighted by atomic mass is 10.1. The number of rotatable bonds is 12. The maximum atomic E-state index is 14.0. The fraction of sp³-hybridized carbons (Fsp3) is 0.281. The van der Waals surface area contributed by atoms with E-state index in [0.29, 0.717) is 56.9 Å². The largest absolute Gasteiger partial charge is 0.496 e. The molecule has 44 heavy (non-hydrogen) atoms. The van der Waals surface area contributed by atoms with Gasteiger partial charge in [-0.05, 0) is 37.3 Å². The molecule has 5 aromatic rings. The van der Waals surface area contributed by atoms with Crippen molar-refractivity contribution in [1.29, 1.82) is 0 Å². The van der Waals surface area contributed by atoms with Crippen molar-refractivity contribution in [3.05, 3.63) is 63.9 Å². The van der Waals surface area contributed by atoms with Crippen LogP contribution >= 0.6 is 11.6 Å². The Balaban J connectivity index is 1.50. The molecule has 0 aliphatic heterocycles. The number of hydrogen-bond donors (Lipinski definition) is 0. The fourth-order valence-corrected chi connectivity index (χ4v) is 4.84. The van der Waals surface area contributed by atoms with Gasteiger partial charge in [0.15, 0.2) is 17.3 Å². The summed E-state index contributed by atoms with van der Waals surface area (Å²) < 4.78 is 45.9. The minimum atomic E-state index is -0.429. The molecular formula is C32H31ClN2O9. The average Bonchev–Trinajstić information content (AvgIpc) is 3.04. The number of nitrogens with zero attached hydrogens (tertiary/aromatic N) is 2. The third kappa shape index (κ3) is 6.09. The van der Waals surface area contributed by atoms with Gasteiger partial charge in [-0.2, -0.15) is 0 Å². The van der Waals surface area contributed by atoms with Crippen LogP contribution in [0.5, 0.6) is 40.4 Å². The van der Waals surface area contributed by atoms with Crippen molar-refractivity contribution in [2.45, 2.75) is 19.4 Å². The molecule has 2 aromatic heterocycles. The second kappa shape index (κ2) is 13.2. The monoisotopic (exact) mass is 622 g/mol. The van der Waals surface area contributed by atoms with Gasteiger partial charge in [0, 0.05) is 29.1 Å². The highest BCUT2D eigenvalue weighted by molar-refractivity contribution is 6.31. The van der Waals surface area contributed by atoms with Crippen LogP contribution in [0.4, 0.5) is 0 Å². The van der Waals surface area contributed by atoms with Crippen LogP contribution < -0.4 is 38.6 Å². The summed E-state index contributed by atoms with van der Waals surface area (Å²) in [6.07, 6.45) is 1.62. The van der Waals surface area contributed by atoms with E-state index in [4.69, 9.17) is 49.2 Å². The summed E-state index contributed by atoms with van der Waals surface area (Å²) >= 11 is 6.05. The van der Waals surface area contributed by atoms with Gasteiger partial charge in [0.1, 0.15) is 28.6 Å². The number of aromatic nitrogens is 2. The van der Waals surface area contributed by atoms with E-state index in [1.165, 1.54) is 41.7 Å². The molecule has 1 atom stereocenters. The molecule has 0 saturated carbocycles. The van der Waals surface area contributed by atoms with Gasteiger partial charge in [0.2, 0.25) is 22.8 Å². The van der Waals surface area contributed by atoms with Crippen LogP contribution in [-0.2, 0) is 0 Å². The number of fused-ring (bicyclic) bond motifs is 2. The molecule has 0 aliphatic carbocycles. The highest BCUT2D eigenvalue weighted by Gasteiger charge is 2.24. The van der Waals surface area contributed by atoms with Crippen LogP contribution in [0, 0.1) is 0 Å². The molecule has 0 N–H and O–H groups in total. The van der Waals surface area contributed by atoms with E-state index < -0.39 is 5.43 Å². The molecule has 0 radical (unpaired) electrons. The quantitative estimate of drug-likeness (QED) is 0.155. The first-order chi connectivity index (χ1) is 21.3. The topological polar surface area (TPSA) is 121 Å². The Labute approximate surface area is 258 Å². The summed E-state index contributed by atoms with van der Waals surface area (Å²) in [5, 5.41) is 0.780. The highest BCUT2D eigenvalue weighted by atomic mass is 35.5. The van der Waals surface area contributed by atoms with E-state index in [9.17, 15) is 4.79 Å². The third-order valence-corrected chi connectivity index (χ3v) is 7.08. The van der Waals surface area contributed by atoms with Crippen molar-refractivity contribution in [3.8, 4) is 51.7 Å². The average molecular weight is 623 g/mol. The molecule has 0 bridgehead atoms. The number of halogens is 1. The normalized spacial score (nSPS) is 11.7. The summed E-state index contributed by atoms with van der Waals surface area (Å²) in [7, 11) is 7.48. The second-order valence-electron chi connectivity index (χ2n) is 9.61. The lowest BCUT2D eigenvalue weighted by molar-refractivity contribution is 0.170. The zero-order chi connectivity index (χ0) is 31.4. The van der Waals surface area contributed by atoms with Gasteiger partial charge in [0.25, 0.3) is 0 Å². The first kappa shape index (κ1) is 30.6. The minimum Gasteiger partial charge on any atom is -0.496 e. The van der Waals surface area contributed by atoms with Gasteiger partial charge in [-0.3, -0.25) is 4.79 Å².